The van der Waals surface area contributed by atoms with Gasteiger partial charge in [0.1, 0.15) is 11.5 Å². The van der Waals surface area contributed by atoms with Crippen LogP contribution in [0.15, 0.2) is 36.4 Å². The number of hydrogen-bond acceptors (Lipinski definition) is 3. The van der Waals surface area contributed by atoms with E-state index in [-0.39, 0.29) is 17.5 Å². The molecule has 1 aliphatic rings. The second-order valence-corrected chi connectivity index (χ2v) is 6.88. The van der Waals surface area contributed by atoms with Gasteiger partial charge in [-0.25, -0.2) is 13.9 Å². The largest absolute Gasteiger partial charge is 0.433 e. The summed E-state index contributed by atoms with van der Waals surface area (Å²) in [5.41, 5.74) is 1.05. The highest BCUT2D eigenvalue weighted by molar-refractivity contribution is 5.43. The van der Waals surface area contributed by atoms with Gasteiger partial charge in [-0.15, -0.1) is 0 Å². The van der Waals surface area contributed by atoms with Crippen molar-refractivity contribution in [3.63, 3.8) is 0 Å². The summed E-state index contributed by atoms with van der Waals surface area (Å²) in [5.74, 6) is -0.300. The summed E-state index contributed by atoms with van der Waals surface area (Å²) < 4.78 is 54.4. The van der Waals surface area contributed by atoms with E-state index in [0.29, 0.717) is 17.9 Å². The Hall–Kier alpha value is -2.48. The third kappa shape index (κ3) is 3.53. The fourth-order valence-electron chi connectivity index (χ4n) is 3.70. The average Bonchev–Trinajstić information content (AvgIpc) is 3.19. The monoisotopic (exact) mass is 378 g/mol. The van der Waals surface area contributed by atoms with Gasteiger partial charge in [0.05, 0.1) is 11.7 Å². The second kappa shape index (κ2) is 6.60. The molecular formula is C19H18F4N4. The molecule has 1 fully saturated rings. The predicted octanol–water partition coefficient (Wildman–Crippen LogP) is 4.53. The van der Waals surface area contributed by atoms with Crippen LogP contribution in [0.5, 0.6) is 0 Å². The van der Waals surface area contributed by atoms with E-state index < -0.39 is 11.9 Å². The molecule has 4 nitrogen and oxygen atoms in total. The molecule has 8 heteroatoms. The van der Waals surface area contributed by atoms with Crippen LogP contribution in [0.3, 0.4) is 0 Å². The minimum Gasteiger partial charge on any atom is -0.290 e. The number of aryl methyl sites for hydroxylation is 1. The van der Waals surface area contributed by atoms with Crippen molar-refractivity contribution in [1.82, 2.24) is 19.5 Å². The number of benzene rings is 1. The molecule has 27 heavy (non-hydrogen) atoms. The SMILES string of the molecule is Cc1cc(C(F)(F)F)n2nc([C@H]3CCCN3Cc3cccc(F)c3)cc2n1. The van der Waals surface area contributed by atoms with Crippen LogP contribution in [0.2, 0.25) is 0 Å². The molecule has 3 heterocycles. The van der Waals surface area contributed by atoms with Crippen LogP contribution in [-0.2, 0) is 12.7 Å². The van der Waals surface area contributed by atoms with Crippen molar-refractivity contribution in [2.24, 2.45) is 0 Å². The van der Waals surface area contributed by atoms with Gasteiger partial charge in [0.2, 0.25) is 0 Å². The Morgan fingerprint density at radius 1 is 1.19 bits per heavy atom. The van der Waals surface area contributed by atoms with Crippen molar-refractivity contribution in [3.8, 4) is 0 Å². The van der Waals surface area contributed by atoms with Crippen molar-refractivity contribution in [1.29, 1.82) is 0 Å². The molecule has 1 aromatic carbocycles. The molecule has 0 N–H and O–H groups in total. The molecule has 0 saturated carbocycles. The molecule has 0 spiro atoms. The van der Waals surface area contributed by atoms with Crippen LogP contribution in [-0.4, -0.2) is 26.0 Å². The topological polar surface area (TPSA) is 33.4 Å². The van der Waals surface area contributed by atoms with Gasteiger partial charge in [-0.3, -0.25) is 4.90 Å². The van der Waals surface area contributed by atoms with Crippen molar-refractivity contribution >= 4 is 5.65 Å². The molecule has 1 aliphatic heterocycles. The van der Waals surface area contributed by atoms with Crippen LogP contribution < -0.4 is 0 Å². The Morgan fingerprint density at radius 3 is 2.74 bits per heavy atom. The number of hydrogen-bond donors (Lipinski definition) is 0. The Balaban J connectivity index is 1.69. The Bertz CT molecular complexity index is 979. The lowest BCUT2D eigenvalue weighted by atomic mass is 10.1. The smallest absolute Gasteiger partial charge is 0.290 e. The minimum atomic E-state index is -4.51. The van der Waals surface area contributed by atoms with Crippen LogP contribution >= 0.6 is 0 Å². The van der Waals surface area contributed by atoms with Crippen LogP contribution in [0.4, 0.5) is 17.6 Å². The quantitative estimate of drug-likeness (QED) is 0.628. The van der Waals surface area contributed by atoms with Crippen LogP contribution in [0, 0.1) is 12.7 Å². The number of likely N-dealkylation sites (tertiary alicyclic amines) is 1. The lowest BCUT2D eigenvalue weighted by Gasteiger charge is -2.23. The van der Waals surface area contributed by atoms with Gasteiger partial charge in [0, 0.05) is 18.3 Å². The van der Waals surface area contributed by atoms with Gasteiger partial charge in [-0.2, -0.15) is 18.3 Å². The standard InChI is InChI=1S/C19H18F4N4/c1-12-8-17(19(21,22)23)27-18(24-12)10-15(25-27)16-6-3-7-26(16)11-13-4-2-5-14(20)9-13/h2,4-5,8-10,16H,3,6-7,11H2,1H3/t16-/m1/s1. The fourth-order valence-corrected chi connectivity index (χ4v) is 3.70. The van der Waals surface area contributed by atoms with Crippen molar-refractivity contribution in [2.75, 3.05) is 6.54 Å². The number of alkyl halides is 3. The van der Waals surface area contributed by atoms with Gasteiger partial charge in [0.15, 0.2) is 5.65 Å². The summed E-state index contributed by atoms with van der Waals surface area (Å²) in [4.78, 5) is 6.32. The molecule has 142 valence electrons. The normalized spacial score (nSPS) is 18.5. The zero-order chi connectivity index (χ0) is 19.2. The average molecular weight is 378 g/mol. The molecule has 4 rings (SSSR count). The predicted molar refractivity (Wildman–Crippen MR) is 91.5 cm³/mol. The maximum absolute atomic E-state index is 13.4. The minimum absolute atomic E-state index is 0.114. The van der Waals surface area contributed by atoms with E-state index in [4.69, 9.17) is 0 Å². The zero-order valence-corrected chi connectivity index (χ0v) is 14.7. The van der Waals surface area contributed by atoms with E-state index in [1.807, 2.05) is 6.07 Å². The fraction of sp³-hybridized carbons (Fsp3) is 0.368. The maximum atomic E-state index is 13.4. The number of fused-ring (bicyclic) bond motifs is 1. The van der Waals surface area contributed by atoms with Gasteiger partial charge >= 0.3 is 6.18 Å². The molecule has 2 aromatic heterocycles. The molecule has 1 saturated heterocycles. The first kappa shape index (κ1) is 17.9. The number of halogens is 4. The zero-order valence-electron chi connectivity index (χ0n) is 14.7. The molecule has 3 aromatic rings. The van der Waals surface area contributed by atoms with E-state index in [1.54, 1.807) is 12.1 Å². The summed E-state index contributed by atoms with van der Waals surface area (Å²) in [6.07, 6.45) is -2.81. The van der Waals surface area contributed by atoms with Crippen LogP contribution in [0.25, 0.3) is 5.65 Å². The van der Waals surface area contributed by atoms with E-state index in [1.165, 1.54) is 19.1 Å². The molecule has 0 amide bonds. The third-order valence-corrected chi connectivity index (χ3v) is 4.84. The maximum Gasteiger partial charge on any atom is 0.433 e. The van der Waals surface area contributed by atoms with Crippen LogP contribution in [0.1, 0.15) is 41.5 Å². The summed E-state index contributed by atoms with van der Waals surface area (Å²) in [6.45, 7) is 2.84. The van der Waals surface area contributed by atoms with Crippen molar-refractivity contribution < 1.29 is 17.6 Å². The third-order valence-electron chi connectivity index (χ3n) is 4.84. The number of nitrogens with zero attached hydrogens (tertiary/aromatic N) is 4. The van der Waals surface area contributed by atoms with E-state index in [2.05, 4.69) is 15.0 Å². The molecule has 0 radical (unpaired) electrons. The Kier molecular flexibility index (Phi) is 4.38. The highest BCUT2D eigenvalue weighted by atomic mass is 19.4. The van der Waals surface area contributed by atoms with Gasteiger partial charge in [0.25, 0.3) is 0 Å². The lowest BCUT2D eigenvalue weighted by Crippen LogP contribution is -2.23. The molecule has 0 unspecified atom stereocenters. The van der Waals surface area contributed by atoms with Gasteiger partial charge < -0.3 is 0 Å². The molecular weight excluding hydrogens is 360 g/mol. The Morgan fingerprint density at radius 2 is 2.00 bits per heavy atom. The first-order valence-electron chi connectivity index (χ1n) is 8.74. The Labute approximate surface area is 153 Å². The van der Waals surface area contributed by atoms with Crippen molar-refractivity contribution in [3.05, 3.63) is 64.9 Å². The van der Waals surface area contributed by atoms with E-state index in [9.17, 15) is 17.6 Å². The molecule has 1 atom stereocenters. The summed E-state index contributed by atoms with van der Waals surface area (Å²) in [5, 5.41) is 4.23. The van der Waals surface area contributed by atoms with Gasteiger partial charge in [-0.05, 0) is 50.1 Å². The molecule has 0 aliphatic carbocycles. The summed E-state index contributed by atoms with van der Waals surface area (Å²) in [6, 6.07) is 8.87. The summed E-state index contributed by atoms with van der Waals surface area (Å²) >= 11 is 0. The summed E-state index contributed by atoms with van der Waals surface area (Å²) in [7, 11) is 0. The first-order chi connectivity index (χ1) is 12.8. The number of aromatic nitrogens is 3. The first-order valence-corrected chi connectivity index (χ1v) is 8.74. The lowest BCUT2D eigenvalue weighted by molar-refractivity contribution is -0.142. The van der Waals surface area contributed by atoms with E-state index in [0.717, 1.165) is 35.5 Å². The highest BCUT2D eigenvalue weighted by Gasteiger charge is 2.36. The second-order valence-electron chi connectivity index (χ2n) is 6.88. The van der Waals surface area contributed by atoms with E-state index >= 15 is 0 Å². The number of rotatable bonds is 3. The van der Waals surface area contributed by atoms with Gasteiger partial charge in [-0.1, -0.05) is 12.1 Å². The highest BCUT2D eigenvalue weighted by Crippen LogP contribution is 2.35. The molecule has 0 bridgehead atoms. The van der Waals surface area contributed by atoms with Crippen molar-refractivity contribution in [2.45, 2.75) is 38.5 Å².